The van der Waals surface area contributed by atoms with Crippen molar-refractivity contribution < 1.29 is 9.90 Å². The smallest absolute Gasteiger partial charge is 0.315 e. The van der Waals surface area contributed by atoms with Gasteiger partial charge in [-0.2, -0.15) is 0 Å². The molecule has 1 atom stereocenters. The van der Waals surface area contributed by atoms with E-state index in [0.29, 0.717) is 6.42 Å². The van der Waals surface area contributed by atoms with Gasteiger partial charge >= 0.3 is 6.03 Å². The number of anilines is 1. The van der Waals surface area contributed by atoms with E-state index in [1.165, 1.54) is 0 Å². The first-order valence-corrected chi connectivity index (χ1v) is 8.45. The van der Waals surface area contributed by atoms with Crippen molar-refractivity contribution in [3.05, 3.63) is 23.9 Å². The minimum atomic E-state index is -0.109. The molecule has 1 saturated heterocycles. The number of hydrogen-bond acceptors (Lipinski definition) is 4. The first-order chi connectivity index (χ1) is 11.1. The zero-order chi connectivity index (χ0) is 16.7. The third-order valence-corrected chi connectivity index (χ3v) is 4.20. The van der Waals surface area contributed by atoms with Crippen LogP contribution in [0.25, 0.3) is 0 Å². The second-order valence-electron chi connectivity index (χ2n) is 6.28. The molecule has 2 amide bonds. The molecule has 1 aromatic heterocycles. The summed E-state index contributed by atoms with van der Waals surface area (Å²) in [7, 11) is 0. The number of aliphatic hydroxyl groups is 1. The van der Waals surface area contributed by atoms with E-state index in [2.05, 4.69) is 20.5 Å². The Bertz CT molecular complexity index is 501. The van der Waals surface area contributed by atoms with Crippen LogP contribution in [-0.2, 0) is 0 Å². The molecule has 3 N–H and O–H groups in total. The summed E-state index contributed by atoms with van der Waals surface area (Å²) >= 11 is 0. The zero-order valence-corrected chi connectivity index (χ0v) is 14.1. The largest absolute Gasteiger partial charge is 0.396 e. The summed E-state index contributed by atoms with van der Waals surface area (Å²) in [6.45, 7) is 5.93. The summed E-state index contributed by atoms with van der Waals surface area (Å²) in [5, 5.41) is 14.8. The van der Waals surface area contributed by atoms with Crippen molar-refractivity contribution in [2.45, 2.75) is 51.6 Å². The van der Waals surface area contributed by atoms with E-state index in [0.717, 1.165) is 43.9 Å². The van der Waals surface area contributed by atoms with Crippen molar-refractivity contribution in [1.82, 2.24) is 15.6 Å². The van der Waals surface area contributed by atoms with Gasteiger partial charge in [0.1, 0.15) is 5.82 Å². The molecule has 23 heavy (non-hydrogen) atoms. The third-order valence-electron chi connectivity index (χ3n) is 4.20. The molecular formula is C17H28N4O2. The van der Waals surface area contributed by atoms with Crippen LogP contribution in [0.2, 0.25) is 0 Å². The van der Waals surface area contributed by atoms with Gasteiger partial charge < -0.3 is 20.6 Å². The molecule has 0 spiro atoms. The van der Waals surface area contributed by atoms with Crippen LogP contribution < -0.4 is 15.5 Å². The predicted octanol–water partition coefficient (Wildman–Crippen LogP) is 1.82. The fraction of sp³-hybridized carbons (Fsp3) is 0.647. The molecule has 128 valence electrons. The predicted molar refractivity (Wildman–Crippen MR) is 91.7 cm³/mol. The second kappa shape index (κ2) is 8.72. The molecule has 0 bridgehead atoms. The zero-order valence-electron chi connectivity index (χ0n) is 14.1. The van der Waals surface area contributed by atoms with Crippen molar-refractivity contribution >= 4 is 11.8 Å². The number of urea groups is 1. The highest BCUT2D eigenvalue weighted by Gasteiger charge is 2.21. The Morgan fingerprint density at radius 1 is 1.43 bits per heavy atom. The monoisotopic (exact) mass is 320 g/mol. The number of rotatable bonds is 6. The molecule has 1 fully saturated rings. The first-order valence-electron chi connectivity index (χ1n) is 8.45. The summed E-state index contributed by atoms with van der Waals surface area (Å²) < 4.78 is 0. The van der Waals surface area contributed by atoms with Gasteiger partial charge in [-0.05, 0) is 51.7 Å². The van der Waals surface area contributed by atoms with Crippen LogP contribution in [0.1, 0.15) is 38.3 Å². The highest BCUT2D eigenvalue weighted by Crippen LogP contribution is 2.18. The van der Waals surface area contributed by atoms with E-state index in [1.807, 2.05) is 32.0 Å². The number of hydrogen-bond donors (Lipinski definition) is 3. The lowest BCUT2D eigenvalue weighted by Gasteiger charge is -2.33. The van der Waals surface area contributed by atoms with E-state index < -0.39 is 0 Å². The molecule has 2 heterocycles. The molecule has 1 aliphatic heterocycles. The van der Waals surface area contributed by atoms with Gasteiger partial charge in [0.15, 0.2) is 0 Å². The maximum atomic E-state index is 12.0. The molecule has 0 aromatic carbocycles. The Morgan fingerprint density at radius 2 is 2.17 bits per heavy atom. The van der Waals surface area contributed by atoms with Gasteiger partial charge in [0, 0.05) is 37.5 Å². The number of carbonyl (C=O) groups is 1. The highest BCUT2D eigenvalue weighted by atomic mass is 16.3. The molecule has 0 aliphatic carbocycles. The standard InChI is InChI=1S/C17H28N4O2/c1-13-5-3-7-16(18-13)21-10-8-15(9-11-21)20-17(23)19-14(2)6-4-12-22/h3,5,7,14-15,22H,4,6,8-12H2,1-2H3,(H2,19,20,23). The normalized spacial score (nSPS) is 16.9. The van der Waals surface area contributed by atoms with Crippen LogP contribution in [-0.4, -0.2) is 47.9 Å². The SMILES string of the molecule is Cc1cccc(N2CCC(NC(=O)NC(C)CCCO)CC2)n1. The lowest BCUT2D eigenvalue weighted by molar-refractivity contribution is 0.228. The molecule has 6 heteroatoms. The Labute approximate surface area is 138 Å². The number of aryl methyl sites for hydroxylation is 1. The van der Waals surface area contributed by atoms with Crippen LogP contribution in [0.5, 0.6) is 0 Å². The Hall–Kier alpha value is -1.82. The minimum Gasteiger partial charge on any atom is -0.396 e. The second-order valence-corrected chi connectivity index (χ2v) is 6.28. The molecular weight excluding hydrogens is 292 g/mol. The van der Waals surface area contributed by atoms with Crippen LogP contribution in [0, 0.1) is 6.92 Å². The summed E-state index contributed by atoms with van der Waals surface area (Å²) in [4.78, 5) is 18.8. The number of pyridine rings is 1. The lowest BCUT2D eigenvalue weighted by Crippen LogP contribution is -2.49. The Balaban J connectivity index is 1.73. The summed E-state index contributed by atoms with van der Waals surface area (Å²) in [6.07, 6.45) is 3.35. The third kappa shape index (κ3) is 5.71. The summed E-state index contributed by atoms with van der Waals surface area (Å²) in [5.74, 6) is 1.02. The van der Waals surface area contributed by atoms with Crippen molar-refractivity contribution in [2.75, 3.05) is 24.6 Å². The quantitative estimate of drug-likeness (QED) is 0.747. The van der Waals surface area contributed by atoms with E-state index >= 15 is 0 Å². The van der Waals surface area contributed by atoms with Gasteiger partial charge in [-0.15, -0.1) is 0 Å². The number of aromatic nitrogens is 1. The van der Waals surface area contributed by atoms with Gasteiger partial charge in [-0.3, -0.25) is 0 Å². The number of amides is 2. The molecule has 1 aromatic rings. The van der Waals surface area contributed by atoms with Crippen LogP contribution in [0.3, 0.4) is 0 Å². The van der Waals surface area contributed by atoms with Crippen molar-refractivity contribution in [1.29, 1.82) is 0 Å². The fourth-order valence-corrected chi connectivity index (χ4v) is 2.88. The maximum absolute atomic E-state index is 12.0. The van der Waals surface area contributed by atoms with Gasteiger partial charge in [0.2, 0.25) is 0 Å². The molecule has 1 aliphatic rings. The molecule has 1 unspecified atom stereocenters. The average molecular weight is 320 g/mol. The maximum Gasteiger partial charge on any atom is 0.315 e. The minimum absolute atomic E-state index is 0.0822. The van der Waals surface area contributed by atoms with Gasteiger partial charge in [0.25, 0.3) is 0 Å². The van der Waals surface area contributed by atoms with E-state index in [1.54, 1.807) is 0 Å². The van der Waals surface area contributed by atoms with E-state index in [4.69, 9.17) is 5.11 Å². The number of nitrogens with one attached hydrogen (secondary N) is 2. The highest BCUT2D eigenvalue weighted by molar-refractivity contribution is 5.74. The Kier molecular flexibility index (Phi) is 6.65. The van der Waals surface area contributed by atoms with Gasteiger partial charge in [0.05, 0.1) is 0 Å². The van der Waals surface area contributed by atoms with Crippen LogP contribution in [0.4, 0.5) is 10.6 Å². The number of aliphatic hydroxyl groups excluding tert-OH is 1. The van der Waals surface area contributed by atoms with Crippen LogP contribution >= 0.6 is 0 Å². The van der Waals surface area contributed by atoms with E-state index in [-0.39, 0.29) is 24.7 Å². The molecule has 0 saturated carbocycles. The van der Waals surface area contributed by atoms with Crippen LogP contribution in [0.15, 0.2) is 18.2 Å². The van der Waals surface area contributed by atoms with Crippen molar-refractivity contribution in [3.63, 3.8) is 0 Å². The first kappa shape index (κ1) is 17.5. The van der Waals surface area contributed by atoms with Gasteiger partial charge in [-0.25, -0.2) is 9.78 Å². The summed E-state index contributed by atoms with van der Waals surface area (Å²) in [5.41, 5.74) is 1.03. The topological polar surface area (TPSA) is 77.5 Å². The van der Waals surface area contributed by atoms with Crippen molar-refractivity contribution in [2.24, 2.45) is 0 Å². The lowest BCUT2D eigenvalue weighted by atomic mass is 10.1. The summed E-state index contributed by atoms with van der Waals surface area (Å²) in [6, 6.07) is 6.25. The number of nitrogens with zero attached hydrogens (tertiary/aromatic N) is 2. The Morgan fingerprint density at radius 3 is 2.83 bits per heavy atom. The molecule has 2 rings (SSSR count). The van der Waals surface area contributed by atoms with Gasteiger partial charge in [-0.1, -0.05) is 6.07 Å². The van der Waals surface area contributed by atoms with Crippen molar-refractivity contribution in [3.8, 4) is 0 Å². The molecule has 0 radical (unpaired) electrons. The number of piperidine rings is 1. The number of carbonyl (C=O) groups excluding carboxylic acids is 1. The molecule has 6 nitrogen and oxygen atoms in total. The average Bonchev–Trinajstić information content (AvgIpc) is 2.53. The van der Waals surface area contributed by atoms with E-state index in [9.17, 15) is 4.79 Å². The fourth-order valence-electron chi connectivity index (χ4n) is 2.88.